The molecule has 2 amide bonds. The van der Waals surface area contributed by atoms with Crippen LogP contribution in [0.5, 0.6) is 0 Å². The number of benzene rings is 1. The fourth-order valence-corrected chi connectivity index (χ4v) is 4.80. The van der Waals surface area contributed by atoms with Gasteiger partial charge in [-0.3, -0.25) is 14.3 Å². The van der Waals surface area contributed by atoms with Crippen molar-refractivity contribution in [3.05, 3.63) is 58.4 Å². The summed E-state index contributed by atoms with van der Waals surface area (Å²) < 4.78 is 1.53. The van der Waals surface area contributed by atoms with Gasteiger partial charge in [0, 0.05) is 19.3 Å². The minimum absolute atomic E-state index is 0.123. The molecular weight excluding hydrogens is 434 g/mol. The summed E-state index contributed by atoms with van der Waals surface area (Å²) in [6.45, 7) is 4.75. The summed E-state index contributed by atoms with van der Waals surface area (Å²) in [6.07, 6.45) is 4.58. The first kappa shape index (κ1) is 21.5. The van der Waals surface area contributed by atoms with Crippen LogP contribution in [0.15, 0.2) is 42.2 Å². The molecule has 1 aromatic carbocycles. The predicted molar refractivity (Wildman–Crippen MR) is 121 cm³/mol. The summed E-state index contributed by atoms with van der Waals surface area (Å²) in [5, 5.41) is 7.59. The van der Waals surface area contributed by atoms with Crippen LogP contribution in [0.25, 0.3) is 10.4 Å². The van der Waals surface area contributed by atoms with Gasteiger partial charge in [0.2, 0.25) is 11.8 Å². The molecule has 3 aromatic rings. The summed E-state index contributed by atoms with van der Waals surface area (Å²) in [5.41, 5.74) is 4.99. The number of likely N-dealkylation sites (tertiary alicyclic amines) is 1. The van der Waals surface area contributed by atoms with Crippen LogP contribution >= 0.6 is 22.9 Å². The Labute approximate surface area is 190 Å². The lowest BCUT2D eigenvalue weighted by Crippen LogP contribution is -2.47. The number of nitrogens with one attached hydrogen (secondary N) is 1. The van der Waals surface area contributed by atoms with Gasteiger partial charge in [-0.1, -0.05) is 35.9 Å². The fraction of sp³-hybridized carbons (Fsp3) is 0.364. The number of thiazole rings is 1. The summed E-state index contributed by atoms with van der Waals surface area (Å²) in [4.78, 5) is 32.9. The van der Waals surface area contributed by atoms with E-state index in [1.54, 1.807) is 29.4 Å². The van der Waals surface area contributed by atoms with Crippen molar-refractivity contribution >= 4 is 34.8 Å². The van der Waals surface area contributed by atoms with Crippen LogP contribution in [0.3, 0.4) is 0 Å². The van der Waals surface area contributed by atoms with E-state index in [1.165, 1.54) is 10.9 Å². The Balaban J connectivity index is 1.36. The van der Waals surface area contributed by atoms with Crippen molar-refractivity contribution < 1.29 is 9.59 Å². The zero-order chi connectivity index (χ0) is 22.0. The number of hydrogen-bond donors (Lipinski definition) is 1. The van der Waals surface area contributed by atoms with Crippen LogP contribution in [-0.2, 0) is 16.1 Å². The Hall–Kier alpha value is -2.71. The van der Waals surface area contributed by atoms with Gasteiger partial charge in [0.05, 0.1) is 27.3 Å². The summed E-state index contributed by atoms with van der Waals surface area (Å²) in [5.74, 6) is -0.249. The first-order valence-corrected chi connectivity index (χ1v) is 11.5. The normalized spacial score (nSPS) is 17.0. The lowest BCUT2D eigenvalue weighted by atomic mass is 10.1. The number of halogens is 1. The predicted octanol–water partition coefficient (Wildman–Crippen LogP) is 3.84. The first-order valence-electron chi connectivity index (χ1n) is 10.2. The second kappa shape index (κ2) is 9.20. The Morgan fingerprint density at radius 1 is 1.32 bits per heavy atom. The smallest absolute Gasteiger partial charge is 0.247 e. The van der Waals surface area contributed by atoms with E-state index in [2.05, 4.69) is 15.4 Å². The zero-order valence-corrected chi connectivity index (χ0v) is 19.0. The molecule has 2 atom stereocenters. The third-order valence-electron chi connectivity index (χ3n) is 5.59. The molecule has 0 bridgehead atoms. The average Bonchev–Trinajstić information content (AvgIpc) is 3.52. The SMILES string of the molecule is Cc1ncsc1-c1ccc(CNC(=O)C2CCCN2C(=O)C(C)n2cc(Cl)cn2)cc1. The van der Waals surface area contributed by atoms with E-state index in [0.29, 0.717) is 24.5 Å². The van der Waals surface area contributed by atoms with Crippen molar-refractivity contribution in [2.75, 3.05) is 6.54 Å². The van der Waals surface area contributed by atoms with E-state index < -0.39 is 12.1 Å². The number of amides is 2. The van der Waals surface area contributed by atoms with Gasteiger partial charge in [-0.05, 0) is 37.8 Å². The molecule has 2 aromatic heterocycles. The van der Waals surface area contributed by atoms with Crippen LogP contribution in [-0.4, -0.2) is 44.1 Å². The van der Waals surface area contributed by atoms with E-state index in [9.17, 15) is 9.59 Å². The topological polar surface area (TPSA) is 80.1 Å². The first-order chi connectivity index (χ1) is 14.9. The van der Waals surface area contributed by atoms with Gasteiger partial charge >= 0.3 is 0 Å². The van der Waals surface area contributed by atoms with Crippen molar-refractivity contribution in [3.8, 4) is 10.4 Å². The van der Waals surface area contributed by atoms with E-state index in [-0.39, 0.29) is 11.8 Å². The van der Waals surface area contributed by atoms with Crippen molar-refractivity contribution in [1.29, 1.82) is 0 Å². The third-order valence-corrected chi connectivity index (χ3v) is 6.76. The lowest BCUT2D eigenvalue weighted by Gasteiger charge is -2.27. The number of aromatic nitrogens is 3. The second-order valence-corrected chi connectivity index (χ2v) is 8.98. The molecule has 1 aliphatic rings. The van der Waals surface area contributed by atoms with Gasteiger partial charge in [0.1, 0.15) is 12.1 Å². The monoisotopic (exact) mass is 457 g/mol. The highest BCUT2D eigenvalue weighted by molar-refractivity contribution is 7.13. The van der Waals surface area contributed by atoms with Gasteiger partial charge in [-0.2, -0.15) is 5.10 Å². The highest BCUT2D eigenvalue weighted by Crippen LogP contribution is 2.27. The van der Waals surface area contributed by atoms with Crippen molar-refractivity contribution in [2.45, 2.75) is 45.3 Å². The minimum atomic E-state index is -0.511. The van der Waals surface area contributed by atoms with Crippen LogP contribution in [0, 0.1) is 6.92 Å². The van der Waals surface area contributed by atoms with E-state index >= 15 is 0 Å². The number of carbonyl (C=O) groups excluding carboxylic acids is 2. The van der Waals surface area contributed by atoms with Crippen LogP contribution in [0.1, 0.15) is 37.1 Å². The van der Waals surface area contributed by atoms with E-state index in [0.717, 1.165) is 28.1 Å². The average molecular weight is 458 g/mol. The van der Waals surface area contributed by atoms with Gasteiger partial charge in [-0.15, -0.1) is 11.3 Å². The molecular formula is C22H24ClN5O2S. The number of nitrogens with zero attached hydrogens (tertiary/aromatic N) is 4. The lowest BCUT2D eigenvalue weighted by molar-refractivity contribution is -0.140. The van der Waals surface area contributed by atoms with Crippen molar-refractivity contribution in [3.63, 3.8) is 0 Å². The van der Waals surface area contributed by atoms with Crippen molar-refractivity contribution in [2.24, 2.45) is 0 Å². The van der Waals surface area contributed by atoms with Gasteiger partial charge in [0.15, 0.2) is 0 Å². The Morgan fingerprint density at radius 3 is 2.74 bits per heavy atom. The van der Waals surface area contributed by atoms with Crippen molar-refractivity contribution in [1.82, 2.24) is 25.0 Å². The van der Waals surface area contributed by atoms with Gasteiger partial charge in [-0.25, -0.2) is 4.98 Å². The maximum absolute atomic E-state index is 13.0. The minimum Gasteiger partial charge on any atom is -0.350 e. The summed E-state index contributed by atoms with van der Waals surface area (Å²) in [6, 6.07) is 7.14. The number of aryl methyl sites for hydroxylation is 1. The third kappa shape index (κ3) is 4.65. The molecule has 3 heterocycles. The molecule has 1 N–H and O–H groups in total. The summed E-state index contributed by atoms with van der Waals surface area (Å²) >= 11 is 7.54. The standard InChI is InChI=1S/C22H24ClN5O2S/c1-14-20(31-13-25-14)17-7-5-16(6-8-17)10-24-21(29)19-4-3-9-27(19)22(30)15(2)28-12-18(23)11-26-28/h5-8,11-13,15,19H,3-4,9-10H2,1-2H3,(H,24,29). The molecule has 0 saturated carbocycles. The molecule has 9 heteroatoms. The second-order valence-electron chi connectivity index (χ2n) is 7.69. The molecule has 1 saturated heterocycles. The Morgan fingerprint density at radius 2 is 2.10 bits per heavy atom. The number of rotatable bonds is 6. The molecule has 0 spiro atoms. The maximum atomic E-state index is 13.0. The Bertz CT molecular complexity index is 1080. The molecule has 2 unspecified atom stereocenters. The molecule has 0 radical (unpaired) electrons. The highest BCUT2D eigenvalue weighted by Gasteiger charge is 2.36. The zero-order valence-electron chi connectivity index (χ0n) is 17.4. The molecule has 7 nitrogen and oxygen atoms in total. The van der Waals surface area contributed by atoms with Gasteiger partial charge < -0.3 is 10.2 Å². The van der Waals surface area contributed by atoms with Gasteiger partial charge in [0.25, 0.3) is 0 Å². The molecule has 162 valence electrons. The molecule has 1 fully saturated rings. The van der Waals surface area contributed by atoms with Crippen LogP contribution < -0.4 is 5.32 Å². The molecule has 31 heavy (non-hydrogen) atoms. The number of carbonyl (C=O) groups is 2. The van der Waals surface area contributed by atoms with Crippen LogP contribution in [0.2, 0.25) is 5.02 Å². The summed E-state index contributed by atoms with van der Waals surface area (Å²) in [7, 11) is 0. The number of hydrogen-bond acceptors (Lipinski definition) is 5. The molecule has 1 aliphatic heterocycles. The fourth-order valence-electron chi connectivity index (χ4n) is 3.84. The van der Waals surface area contributed by atoms with E-state index in [1.807, 2.05) is 36.7 Å². The molecule has 0 aliphatic carbocycles. The Kier molecular flexibility index (Phi) is 6.38. The highest BCUT2D eigenvalue weighted by atomic mass is 35.5. The maximum Gasteiger partial charge on any atom is 0.247 e. The largest absolute Gasteiger partial charge is 0.350 e. The molecule has 4 rings (SSSR count). The quantitative estimate of drug-likeness (QED) is 0.609. The van der Waals surface area contributed by atoms with Crippen LogP contribution in [0.4, 0.5) is 0 Å². The van der Waals surface area contributed by atoms with E-state index in [4.69, 9.17) is 11.6 Å².